The van der Waals surface area contributed by atoms with Gasteiger partial charge in [-0.25, -0.2) is 9.97 Å². The van der Waals surface area contributed by atoms with Crippen LogP contribution in [0.15, 0.2) is 48.8 Å². The van der Waals surface area contributed by atoms with Crippen LogP contribution in [0.3, 0.4) is 0 Å². The van der Waals surface area contributed by atoms with E-state index in [2.05, 4.69) is 20.3 Å². The molecule has 1 aliphatic heterocycles. The van der Waals surface area contributed by atoms with Gasteiger partial charge in [0.05, 0.1) is 18.5 Å². The van der Waals surface area contributed by atoms with Crippen LogP contribution in [0, 0.1) is 0 Å². The lowest BCUT2D eigenvalue weighted by Crippen LogP contribution is -2.17. The minimum Gasteiger partial charge on any atom is -0.481 e. The number of nitrogens with zero attached hydrogens (tertiary/aromatic N) is 3. The highest BCUT2D eigenvalue weighted by atomic mass is 16.5. The Labute approximate surface area is 187 Å². The summed E-state index contributed by atoms with van der Waals surface area (Å²) in [4.78, 5) is 13.3. The topological polar surface area (TPSA) is 98.6 Å². The van der Waals surface area contributed by atoms with Gasteiger partial charge in [-0.3, -0.25) is 4.98 Å². The first-order valence-electron chi connectivity index (χ1n) is 10.6. The summed E-state index contributed by atoms with van der Waals surface area (Å²) in [7, 11) is 1.61. The van der Waals surface area contributed by atoms with Crippen molar-refractivity contribution in [3.05, 3.63) is 60.2 Å². The number of hydrogen-bond acceptors (Lipinski definition) is 8. The third-order valence-electron chi connectivity index (χ3n) is 5.30. The normalized spacial score (nSPS) is 14.8. The molecule has 0 saturated carbocycles. The highest BCUT2D eigenvalue weighted by Crippen LogP contribution is 2.36. The largest absolute Gasteiger partial charge is 0.481 e. The van der Waals surface area contributed by atoms with Gasteiger partial charge in [0, 0.05) is 49.3 Å². The van der Waals surface area contributed by atoms with E-state index in [1.807, 2.05) is 18.2 Å². The molecule has 4 heterocycles. The zero-order valence-corrected chi connectivity index (χ0v) is 18.5. The number of methoxy groups -OCH3 is 1. The van der Waals surface area contributed by atoms with Crippen LogP contribution in [-0.2, 0) is 10.3 Å². The second-order valence-electron chi connectivity index (χ2n) is 8.22. The maximum Gasteiger partial charge on any atom is 0.213 e. The van der Waals surface area contributed by atoms with E-state index in [4.69, 9.17) is 14.2 Å². The number of ether oxygens (including phenoxy) is 3. The summed E-state index contributed by atoms with van der Waals surface area (Å²) >= 11 is 0. The first kappa shape index (κ1) is 22.0. The van der Waals surface area contributed by atoms with Crippen LogP contribution in [-0.4, -0.2) is 40.4 Å². The van der Waals surface area contributed by atoms with Crippen LogP contribution in [0.5, 0.6) is 17.4 Å². The van der Waals surface area contributed by atoms with Gasteiger partial charge in [0.15, 0.2) is 0 Å². The molecular formula is C24H28N4O4. The number of aliphatic hydroxyl groups is 1. The fraction of sp³-hybridized carbons (Fsp3) is 0.375. The number of pyridine rings is 3. The molecule has 3 aromatic heterocycles. The number of rotatable bonds is 7. The molecule has 32 heavy (non-hydrogen) atoms. The fourth-order valence-corrected chi connectivity index (χ4v) is 3.57. The average Bonchev–Trinajstić information content (AvgIpc) is 2.80. The van der Waals surface area contributed by atoms with E-state index < -0.39 is 5.60 Å². The minimum absolute atomic E-state index is 0.255. The van der Waals surface area contributed by atoms with Gasteiger partial charge in [0.1, 0.15) is 22.9 Å². The van der Waals surface area contributed by atoms with E-state index in [-0.39, 0.29) is 5.92 Å². The monoisotopic (exact) mass is 436 g/mol. The molecule has 8 nitrogen and oxygen atoms in total. The van der Waals surface area contributed by atoms with Crippen LogP contribution in [0.4, 0.5) is 11.5 Å². The van der Waals surface area contributed by atoms with Gasteiger partial charge in [0.2, 0.25) is 5.88 Å². The summed E-state index contributed by atoms with van der Waals surface area (Å²) in [6.45, 7) is 4.82. The van der Waals surface area contributed by atoms with Crippen molar-refractivity contribution in [2.24, 2.45) is 0 Å². The number of hydrogen-bond donors (Lipinski definition) is 2. The SMILES string of the molecule is COc1ccc(Oc2ccnc(Nc3ccnc(C(C)(C)O)c3)c2)c(C2CCOCC2)n1. The maximum absolute atomic E-state index is 10.2. The van der Waals surface area contributed by atoms with Crippen molar-refractivity contribution in [1.82, 2.24) is 15.0 Å². The van der Waals surface area contributed by atoms with Gasteiger partial charge in [0.25, 0.3) is 0 Å². The molecule has 1 saturated heterocycles. The van der Waals surface area contributed by atoms with E-state index in [9.17, 15) is 5.11 Å². The summed E-state index contributed by atoms with van der Waals surface area (Å²) in [5.41, 5.74) is 1.19. The predicted octanol–water partition coefficient (Wildman–Crippen LogP) is 4.54. The predicted molar refractivity (Wildman–Crippen MR) is 121 cm³/mol. The molecule has 0 amide bonds. The maximum atomic E-state index is 10.2. The van der Waals surface area contributed by atoms with Crippen LogP contribution in [0.2, 0.25) is 0 Å². The molecule has 0 aromatic carbocycles. The molecule has 8 heteroatoms. The lowest BCUT2D eigenvalue weighted by Gasteiger charge is -2.23. The van der Waals surface area contributed by atoms with Crippen molar-refractivity contribution in [2.45, 2.75) is 38.2 Å². The second-order valence-corrected chi connectivity index (χ2v) is 8.22. The summed E-state index contributed by atoms with van der Waals surface area (Å²) in [5, 5.41) is 13.5. The molecule has 1 aliphatic rings. The zero-order chi connectivity index (χ0) is 22.6. The van der Waals surface area contributed by atoms with Crippen LogP contribution in [0.1, 0.15) is 44.0 Å². The highest BCUT2D eigenvalue weighted by Gasteiger charge is 2.23. The smallest absolute Gasteiger partial charge is 0.213 e. The molecule has 0 bridgehead atoms. The van der Waals surface area contributed by atoms with Crippen molar-refractivity contribution < 1.29 is 19.3 Å². The van der Waals surface area contributed by atoms with Gasteiger partial charge in [-0.1, -0.05) is 0 Å². The van der Waals surface area contributed by atoms with Gasteiger partial charge in [-0.2, -0.15) is 0 Å². The molecule has 0 unspecified atom stereocenters. The first-order chi connectivity index (χ1) is 15.4. The minimum atomic E-state index is -1.03. The summed E-state index contributed by atoms with van der Waals surface area (Å²) in [5.74, 6) is 2.77. The fourth-order valence-electron chi connectivity index (χ4n) is 3.57. The zero-order valence-electron chi connectivity index (χ0n) is 18.5. The van der Waals surface area contributed by atoms with Gasteiger partial charge >= 0.3 is 0 Å². The molecule has 0 atom stereocenters. The Bertz CT molecular complexity index is 1060. The Kier molecular flexibility index (Phi) is 6.53. The molecule has 3 aromatic rings. The van der Waals surface area contributed by atoms with Crippen molar-refractivity contribution in [2.75, 3.05) is 25.6 Å². The Morgan fingerprint density at radius 1 is 1.06 bits per heavy atom. The molecule has 0 aliphatic carbocycles. The molecule has 168 valence electrons. The Morgan fingerprint density at radius 3 is 2.59 bits per heavy atom. The van der Waals surface area contributed by atoms with Crippen molar-refractivity contribution in [1.29, 1.82) is 0 Å². The quantitative estimate of drug-likeness (QED) is 0.557. The third kappa shape index (κ3) is 5.33. The van der Waals surface area contributed by atoms with Gasteiger partial charge in [-0.05, 0) is 51.0 Å². The third-order valence-corrected chi connectivity index (χ3v) is 5.30. The van der Waals surface area contributed by atoms with Gasteiger partial charge < -0.3 is 24.6 Å². The standard InChI is InChI=1S/C24H28N4O4/c1-24(2,29)20-14-17(6-10-25-20)27-21-15-18(7-11-26-21)32-19-4-5-22(30-3)28-23(19)16-8-12-31-13-9-16/h4-7,10-11,14-16,29H,8-9,12-13H2,1-3H3,(H,25,26,27). The van der Waals surface area contributed by atoms with E-state index in [0.717, 1.165) is 24.2 Å². The van der Waals surface area contributed by atoms with E-state index in [0.29, 0.717) is 42.1 Å². The molecule has 0 radical (unpaired) electrons. The summed E-state index contributed by atoms with van der Waals surface area (Å²) in [6.07, 6.45) is 5.12. The highest BCUT2D eigenvalue weighted by molar-refractivity contribution is 5.58. The van der Waals surface area contributed by atoms with Crippen molar-refractivity contribution in [3.63, 3.8) is 0 Å². The van der Waals surface area contributed by atoms with Crippen LogP contribution in [0.25, 0.3) is 0 Å². The van der Waals surface area contributed by atoms with Crippen molar-refractivity contribution >= 4 is 11.5 Å². The Hall–Kier alpha value is -3.23. The Morgan fingerprint density at radius 2 is 1.84 bits per heavy atom. The lowest BCUT2D eigenvalue weighted by molar-refractivity contribution is 0.0739. The molecule has 4 rings (SSSR count). The van der Waals surface area contributed by atoms with E-state index >= 15 is 0 Å². The molecular weight excluding hydrogens is 408 g/mol. The van der Waals surface area contributed by atoms with E-state index in [1.165, 1.54) is 0 Å². The number of anilines is 2. The number of nitrogens with one attached hydrogen (secondary N) is 1. The van der Waals surface area contributed by atoms with Crippen LogP contribution < -0.4 is 14.8 Å². The van der Waals surface area contributed by atoms with E-state index in [1.54, 1.807) is 51.6 Å². The van der Waals surface area contributed by atoms with Crippen molar-refractivity contribution in [3.8, 4) is 17.4 Å². The molecule has 1 fully saturated rings. The lowest BCUT2D eigenvalue weighted by atomic mass is 9.95. The van der Waals surface area contributed by atoms with Crippen LogP contribution >= 0.6 is 0 Å². The Balaban J connectivity index is 1.56. The summed E-state index contributed by atoms with van der Waals surface area (Å²) in [6, 6.07) is 10.9. The number of aromatic nitrogens is 3. The average molecular weight is 437 g/mol. The first-order valence-corrected chi connectivity index (χ1v) is 10.6. The van der Waals surface area contributed by atoms with Gasteiger partial charge in [-0.15, -0.1) is 0 Å². The molecule has 2 N–H and O–H groups in total. The molecule has 0 spiro atoms. The summed E-state index contributed by atoms with van der Waals surface area (Å²) < 4.78 is 17.1. The second kappa shape index (κ2) is 9.50.